The maximum Gasteiger partial charge on any atom is 0.258 e. The minimum absolute atomic E-state index is 0.0733. The largest absolute Gasteiger partial charge is 0.490 e. The Bertz CT molecular complexity index is 1550. The topological polar surface area (TPSA) is 93.2 Å². The van der Waals surface area contributed by atoms with Gasteiger partial charge in [-0.05, 0) is 70.8 Å². The van der Waals surface area contributed by atoms with E-state index in [2.05, 4.69) is 31.8 Å². The van der Waals surface area contributed by atoms with E-state index in [1.165, 1.54) is 30.1 Å². The Balaban J connectivity index is 1.03. The van der Waals surface area contributed by atoms with Gasteiger partial charge in [0.2, 0.25) is 0 Å². The number of hydrogen-bond acceptors (Lipinski definition) is 9. The third kappa shape index (κ3) is 5.95. The highest BCUT2D eigenvalue weighted by atomic mass is 19.1. The molecule has 45 heavy (non-hydrogen) atoms. The van der Waals surface area contributed by atoms with Crippen molar-refractivity contribution in [3.05, 3.63) is 65.6 Å². The fourth-order valence-electron chi connectivity index (χ4n) is 7.40. The summed E-state index contributed by atoms with van der Waals surface area (Å²) in [5.41, 5.74) is 2.71. The Hall–Kier alpha value is -3.83. The molecule has 1 spiro atoms. The molecule has 1 atom stereocenters. The predicted octanol–water partition coefficient (Wildman–Crippen LogP) is 4.87. The molecule has 7 rings (SSSR count). The van der Waals surface area contributed by atoms with E-state index in [0.717, 1.165) is 69.7 Å². The van der Waals surface area contributed by atoms with Crippen molar-refractivity contribution in [2.75, 3.05) is 44.8 Å². The van der Waals surface area contributed by atoms with Crippen LogP contribution in [0.15, 0.2) is 43.0 Å². The molecule has 2 saturated heterocycles. The Morgan fingerprint density at radius 2 is 2.00 bits per heavy atom. The van der Waals surface area contributed by atoms with Crippen molar-refractivity contribution >= 4 is 11.7 Å². The van der Waals surface area contributed by atoms with E-state index in [4.69, 9.17) is 14.2 Å². The van der Waals surface area contributed by atoms with Crippen LogP contribution in [0.3, 0.4) is 0 Å². The maximum absolute atomic E-state index is 14.5. The van der Waals surface area contributed by atoms with Crippen LogP contribution in [-0.4, -0.2) is 88.7 Å². The number of hydrogen-bond donors (Lipinski definition) is 0. The smallest absolute Gasteiger partial charge is 0.258 e. The van der Waals surface area contributed by atoms with Crippen LogP contribution in [0, 0.1) is 11.2 Å². The molecular formula is C34H41FN6O4. The Labute approximate surface area is 263 Å². The summed E-state index contributed by atoms with van der Waals surface area (Å²) in [6.45, 7) is 8.64. The third-order valence-electron chi connectivity index (χ3n) is 9.60. The van der Waals surface area contributed by atoms with Gasteiger partial charge in [-0.15, -0.1) is 0 Å². The summed E-state index contributed by atoms with van der Waals surface area (Å²) in [6, 6.07) is 5.91. The standard InChI is InChI=1S/C34H41FN6O4/c1-22(2)41(24-5-4-12-43-18-24)33(42)26-13-23(35)6-7-29(26)45-31-16-36-21-38-32(31)40-19-34(20-40)14-25(15-34)44-30-8-10-37-28-9-11-39(3)17-27(28)30/h6-8,10,13,16,21-22,24-25H,4-5,9,11-12,14-15,17-20H2,1-3H3/t24-/m1/s1. The second-order valence-corrected chi connectivity index (χ2v) is 13.4. The molecule has 0 radical (unpaired) electrons. The molecule has 1 saturated carbocycles. The minimum Gasteiger partial charge on any atom is -0.490 e. The van der Waals surface area contributed by atoms with Gasteiger partial charge in [0.1, 0.15) is 29.7 Å². The van der Waals surface area contributed by atoms with E-state index in [0.29, 0.717) is 24.8 Å². The third-order valence-corrected chi connectivity index (χ3v) is 9.60. The monoisotopic (exact) mass is 616 g/mol. The molecule has 1 aromatic carbocycles. The van der Waals surface area contributed by atoms with Gasteiger partial charge in [0.05, 0.1) is 24.4 Å². The number of ether oxygens (including phenoxy) is 3. The first-order valence-corrected chi connectivity index (χ1v) is 16.0. The average molecular weight is 617 g/mol. The highest BCUT2D eigenvalue weighted by Crippen LogP contribution is 2.52. The molecule has 238 valence electrons. The Morgan fingerprint density at radius 3 is 2.78 bits per heavy atom. The molecule has 3 fully saturated rings. The second-order valence-electron chi connectivity index (χ2n) is 13.4. The molecule has 3 aromatic rings. The van der Waals surface area contributed by atoms with Crippen LogP contribution in [-0.2, 0) is 17.7 Å². The molecule has 4 aliphatic rings. The molecule has 0 N–H and O–H groups in total. The van der Waals surface area contributed by atoms with Gasteiger partial charge in [-0.3, -0.25) is 9.78 Å². The van der Waals surface area contributed by atoms with Crippen LogP contribution >= 0.6 is 0 Å². The number of carbonyl (C=O) groups is 1. The van der Waals surface area contributed by atoms with Crippen LogP contribution in [0.1, 0.15) is 61.1 Å². The average Bonchev–Trinajstić information content (AvgIpc) is 2.99. The van der Waals surface area contributed by atoms with Gasteiger partial charge in [-0.25, -0.2) is 14.4 Å². The van der Waals surface area contributed by atoms with Gasteiger partial charge in [0, 0.05) is 68.1 Å². The van der Waals surface area contributed by atoms with Crippen LogP contribution in [0.5, 0.6) is 17.2 Å². The van der Waals surface area contributed by atoms with Crippen molar-refractivity contribution < 1.29 is 23.4 Å². The minimum atomic E-state index is -0.496. The lowest BCUT2D eigenvalue weighted by Gasteiger charge is -2.59. The van der Waals surface area contributed by atoms with E-state index >= 15 is 0 Å². The van der Waals surface area contributed by atoms with Gasteiger partial charge in [0.25, 0.3) is 5.91 Å². The summed E-state index contributed by atoms with van der Waals surface area (Å²) in [5.74, 6) is 1.56. The highest BCUT2D eigenvalue weighted by molar-refractivity contribution is 5.97. The van der Waals surface area contributed by atoms with Crippen molar-refractivity contribution in [2.24, 2.45) is 5.41 Å². The van der Waals surface area contributed by atoms with E-state index in [1.807, 2.05) is 26.1 Å². The fraction of sp³-hybridized carbons (Fsp3) is 0.529. The summed E-state index contributed by atoms with van der Waals surface area (Å²) >= 11 is 0. The number of halogens is 1. The molecule has 5 heterocycles. The molecule has 1 aliphatic carbocycles. The highest BCUT2D eigenvalue weighted by Gasteiger charge is 2.54. The SMILES string of the molecule is CC(C)N(C(=O)c1cc(F)ccc1Oc1cncnc1N1CC2(CC(Oc3ccnc4c3CN(C)CC4)C2)C1)[C@@H]1CCCOC1. The first-order chi connectivity index (χ1) is 21.8. The van der Waals surface area contributed by atoms with Crippen LogP contribution in [0.25, 0.3) is 0 Å². The Morgan fingerprint density at radius 1 is 1.16 bits per heavy atom. The lowest BCUT2D eigenvalue weighted by Crippen LogP contribution is -2.65. The van der Waals surface area contributed by atoms with E-state index in [1.54, 1.807) is 11.1 Å². The number of pyridine rings is 1. The summed E-state index contributed by atoms with van der Waals surface area (Å²) in [5, 5.41) is 0. The molecule has 3 aliphatic heterocycles. The number of likely N-dealkylation sites (N-methyl/N-ethyl adjacent to an activating group) is 1. The summed E-state index contributed by atoms with van der Waals surface area (Å²) < 4.78 is 33.0. The number of anilines is 1. The zero-order valence-corrected chi connectivity index (χ0v) is 26.2. The number of rotatable bonds is 8. The quantitative estimate of drug-likeness (QED) is 0.352. The first-order valence-electron chi connectivity index (χ1n) is 16.0. The van der Waals surface area contributed by atoms with E-state index in [9.17, 15) is 9.18 Å². The van der Waals surface area contributed by atoms with Gasteiger partial charge in [-0.1, -0.05) is 0 Å². The Kier molecular flexibility index (Phi) is 8.07. The van der Waals surface area contributed by atoms with Crippen LogP contribution in [0.4, 0.5) is 10.2 Å². The second kappa shape index (κ2) is 12.2. The van der Waals surface area contributed by atoms with Crippen molar-refractivity contribution in [2.45, 2.75) is 70.7 Å². The zero-order chi connectivity index (χ0) is 31.1. The molecule has 10 nitrogen and oxygen atoms in total. The van der Waals surface area contributed by atoms with Crippen molar-refractivity contribution in [3.8, 4) is 17.2 Å². The van der Waals surface area contributed by atoms with Crippen molar-refractivity contribution in [1.29, 1.82) is 0 Å². The molecule has 11 heteroatoms. The summed E-state index contributed by atoms with van der Waals surface area (Å²) in [4.78, 5) is 33.5. The molecule has 2 aromatic heterocycles. The lowest BCUT2D eigenvalue weighted by molar-refractivity contribution is -0.0352. The molecule has 1 amide bonds. The predicted molar refractivity (Wildman–Crippen MR) is 166 cm³/mol. The summed E-state index contributed by atoms with van der Waals surface area (Å²) in [6.07, 6.45) is 9.78. The zero-order valence-electron chi connectivity index (χ0n) is 26.2. The normalized spacial score (nSPS) is 21.2. The number of amides is 1. The van der Waals surface area contributed by atoms with Crippen molar-refractivity contribution in [3.63, 3.8) is 0 Å². The molecule has 0 unspecified atom stereocenters. The van der Waals surface area contributed by atoms with Gasteiger partial charge < -0.3 is 28.9 Å². The molecular weight excluding hydrogens is 575 g/mol. The lowest BCUT2D eigenvalue weighted by atomic mass is 9.61. The van der Waals surface area contributed by atoms with Gasteiger partial charge in [-0.2, -0.15) is 0 Å². The number of aromatic nitrogens is 3. The summed E-state index contributed by atoms with van der Waals surface area (Å²) in [7, 11) is 2.13. The fourth-order valence-corrected chi connectivity index (χ4v) is 7.40. The van der Waals surface area contributed by atoms with Crippen LogP contribution < -0.4 is 14.4 Å². The van der Waals surface area contributed by atoms with E-state index in [-0.39, 0.29) is 40.8 Å². The maximum atomic E-state index is 14.5. The molecule has 0 bridgehead atoms. The van der Waals surface area contributed by atoms with Gasteiger partial charge in [0.15, 0.2) is 11.6 Å². The number of fused-ring (bicyclic) bond motifs is 1. The first kappa shape index (κ1) is 29.9. The van der Waals surface area contributed by atoms with Crippen molar-refractivity contribution in [1.82, 2.24) is 24.8 Å². The van der Waals surface area contributed by atoms with Crippen LogP contribution in [0.2, 0.25) is 0 Å². The van der Waals surface area contributed by atoms with Gasteiger partial charge >= 0.3 is 0 Å². The number of carbonyl (C=O) groups excluding carboxylic acids is 1. The number of nitrogens with zero attached hydrogens (tertiary/aromatic N) is 6. The number of benzene rings is 1. The van der Waals surface area contributed by atoms with E-state index < -0.39 is 5.82 Å².